The Balaban J connectivity index is 1.94. The molecular formula is C13H16ClN3O2. The summed E-state index contributed by atoms with van der Waals surface area (Å²) in [6.07, 6.45) is 0. The number of carbonyl (C=O) groups excluding carboxylic acids is 2. The van der Waals surface area contributed by atoms with E-state index in [9.17, 15) is 9.59 Å². The van der Waals surface area contributed by atoms with E-state index in [1.165, 1.54) is 0 Å². The summed E-state index contributed by atoms with van der Waals surface area (Å²) in [5.74, 6) is -0.182. The molecule has 0 radical (unpaired) electrons. The van der Waals surface area contributed by atoms with Crippen molar-refractivity contribution in [2.75, 3.05) is 31.5 Å². The molecular weight excluding hydrogens is 266 g/mol. The van der Waals surface area contributed by atoms with Crippen LogP contribution in [0.4, 0.5) is 5.69 Å². The van der Waals surface area contributed by atoms with Crippen LogP contribution in [0.5, 0.6) is 0 Å². The Labute approximate surface area is 116 Å². The fourth-order valence-electron chi connectivity index (χ4n) is 1.96. The minimum atomic E-state index is -0.139. The van der Waals surface area contributed by atoms with Gasteiger partial charge < -0.3 is 10.6 Å². The summed E-state index contributed by atoms with van der Waals surface area (Å²) < 4.78 is 0. The summed E-state index contributed by atoms with van der Waals surface area (Å²) in [7, 11) is 0. The topological polar surface area (TPSA) is 61.4 Å². The van der Waals surface area contributed by atoms with E-state index in [1.807, 2.05) is 17.9 Å². The summed E-state index contributed by atoms with van der Waals surface area (Å²) in [4.78, 5) is 24.9. The minimum Gasteiger partial charge on any atom is -0.354 e. The van der Waals surface area contributed by atoms with Crippen LogP contribution in [0.1, 0.15) is 5.56 Å². The first-order chi connectivity index (χ1) is 9.06. The Morgan fingerprint density at radius 1 is 1.53 bits per heavy atom. The molecule has 102 valence electrons. The quantitative estimate of drug-likeness (QED) is 0.870. The zero-order chi connectivity index (χ0) is 13.8. The maximum absolute atomic E-state index is 11.9. The fourth-order valence-corrected chi connectivity index (χ4v) is 2.14. The van der Waals surface area contributed by atoms with Gasteiger partial charge in [0.2, 0.25) is 11.8 Å². The summed E-state index contributed by atoms with van der Waals surface area (Å²) in [5.41, 5.74) is 1.55. The van der Waals surface area contributed by atoms with Crippen molar-refractivity contribution >= 4 is 29.1 Å². The van der Waals surface area contributed by atoms with Crippen LogP contribution in [-0.4, -0.2) is 42.9 Å². The number of nitrogens with one attached hydrogen (secondary N) is 2. The lowest BCUT2D eigenvalue weighted by Crippen LogP contribution is -2.49. The molecule has 1 heterocycles. The number of rotatable bonds is 3. The third-order valence-electron chi connectivity index (χ3n) is 3.03. The van der Waals surface area contributed by atoms with Gasteiger partial charge in [-0.1, -0.05) is 17.7 Å². The number of benzene rings is 1. The molecule has 0 atom stereocenters. The van der Waals surface area contributed by atoms with E-state index in [1.54, 1.807) is 12.1 Å². The zero-order valence-corrected chi connectivity index (χ0v) is 11.5. The molecule has 0 aliphatic carbocycles. The predicted molar refractivity (Wildman–Crippen MR) is 74.3 cm³/mol. The maximum Gasteiger partial charge on any atom is 0.238 e. The number of amides is 2. The van der Waals surface area contributed by atoms with Crippen LogP contribution in [0.15, 0.2) is 18.2 Å². The first kappa shape index (κ1) is 13.8. The highest BCUT2D eigenvalue weighted by Crippen LogP contribution is 2.22. The molecule has 1 aliphatic rings. The molecule has 2 rings (SSSR count). The molecule has 1 aromatic rings. The molecule has 2 N–H and O–H groups in total. The van der Waals surface area contributed by atoms with Crippen molar-refractivity contribution < 1.29 is 9.59 Å². The van der Waals surface area contributed by atoms with Gasteiger partial charge in [-0.2, -0.15) is 0 Å². The number of hydrogen-bond donors (Lipinski definition) is 2. The Kier molecular flexibility index (Phi) is 4.39. The van der Waals surface area contributed by atoms with E-state index in [2.05, 4.69) is 10.6 Å². The second-order valence-corrected chi connectivity index (χ2v) is 4.93. The number of nitrogens with zero attached hydrogens (tertiary/aromatic N) is 1. The lowest BCUT2D eigenvalue weighted by molar-refractivity contribution is -0.125. The second-order valence-electron chi connectivity index (χ2n) is 4.52. The van der Waals surface area contributed by atoms with Gasteiger partial charge in [0.1, 0.15) is 0 Å². The van der Waals surface area contributed by atoms with Gasteiger partial charge in [-0.05, 0) is 24.6 Å². The average Bonchev–Trinajstić information content (AvgIpc) is 2.35. The predicted octanol–water partition coefficient (Wildman–Crippen LogP) is 1.02. The van der Waals surface area contributed by atoms with Crippen molar-refractivity contribution in [1.29, 1.82) is 0 Å². The Morgan fingerprint density at radius 2 is 2.32 bits per heavy atom. The normalized spacial score (nSPS) is 16.0. The molecule has 1 saturated heterocycles. The molecule has 0 bridgehead atoms. The van der Waals surface area contributed by atoms with E-state index < -0.39 is 0 Å². The molecule has 1 aromatic carbocycles. The van der Waals surface area contributed by atoms with E-state index in [0.29, 0.717) is 23.8 Å². The largest absolute Gasteiger partial charge is 0.354 e. The number of anilines is 1. The number of hydrogen-bond acceptors (Lipinski definition) is 3. The van der Waals surface area contributed by atoms with Crippen molar-refractivity contribution in [3.63, 3.8) is 0 Å². The van der Waals surface area contributed by atoms with Gasteiger partial charge in [0.15, 0.2) is 0 Å². The van der Waals surface area contributed by atoms with E-state index in [-0.39, 0.29) is 24.9 Å². The molecule has 5 nitrogen and oxygen atoms in total. The van der Waals surface area contributed by atoms with Gasteiger partial charge >= 0.3 is 0 Å². The maximum atomic E-state index is 11.9. The summed E-state index contributed by atoms with van der Waals surface area (Å²) in [6.45, 7) is 3.60. The molecule has 1 fully saturated rings. The van der Waals surface area contributed by atoms with Crippen molar-refractivity contribution in [3.8, 4) is 0 Å². The van der Waals surface area contributed by atoms with Crippen LogP contribution in [0.25, 0.3) is 0 Å². The second kappa shape index (κ2) is 6.04. The van der Waals surface area contributed by atoms with Crippen LogP contribution in [-0.2, 0) is 9.59 Å². The highest BCUT2D eigenvalue weighted by atomic mass is 35.5. The van der Waals surface area contributed by atoms with Gasteiger partial charge in [-0.25, -0.2) is 0 Å². The van der Waals surface area contributed by atoms with Crippen molar-refractivity contribution in [2.45, 2.75) is 6.92 Å². The SMILES string of the molecule is Cc1c(Cl)cccc1NC(=O)CN1CCNC(=O)C1. The Morgan fingerprint density at radius 3 is 3.05 bits per heavy atom. The molecule has 0 saturated carbocycles. The summed E-state index contributed by atoms with van der Waals surface area (Å²) in [6, 6.07) is 5.38. The standard InChI is InChI=1S/C13H16ClN3O2/c1-9-10(14)3-2-4-11(9)16-13(19)8-17-6-5-15-12(18)7-17/h2-4H,5-8H2,1H3,(H,15,18)(H,16,19). The van der Waals surface area contributed by atoms with Gasteiger partial charge in [-0.3, -0.25) is 14.5 Å². The van der Waals surface area contributed by atoms with Crippen LogP contribution in [0, 0.1) is 6.92 Å². The highest BCUT2D eigenvalue weighted by Gasteiger charge is 2.18. The van der Waals surface area contributed by atoms with Crippen LogP contribution in [0.2, 0.25) is 5.02 Å². The van der Waals surface area contributed by atoms with Gasteiger partial charge in [-0.15, -0.1) is 0 Å². The van der Waals surface area contributed by atoms with Crippen LogP contribution in [0.3, 0.4) is 0 Å². The summed E-state index contributed by atoms with van der Waals surface area (Å²) >= 11 is 5.99. The molecule has 19 heavy (non-hydrogen) atoms. The lowest BCUT2D eigenvalue weighted by atomic mass is 10.2. The number of halogens is 1. The number of carbonyl (C=O) groups is 2. The highest BCUT2D eigenvalue weighted by molar-refractivity contribution is 6.31. The fraction of sp³-hybridized carbons (Fsp3) is 0.385. The van der Waals surface area contributed by atoms with Crippen LogP contribution < -0.4 is 10.6 Å². The number of piperazine rings is 1. The third kappa shape index (κ3) is 3.68. The van der Waals surface area contributed by atoms with Crippen molar-refractivity contribution in [1.82, 2.24) is 10.2 Å². The zero-order valence-electron chi connectivity index (χ0n) is 10.7. The van der Waals surface area contributed by atoms with Gasteiger partial charge in [0, 0.05) is 23.8 Å². The van der Waals surface area contributed by atoms with Gasteiger partial charge in [0.05, 0.1) is 13.1 Å². The molecule has 6 heteroatoms. The first-order valence-electron chi connectivity index (χ1n) is 6.10. The first-order valence-corrected chi connectivity index (χ1v) is 6.48. The average molecular weight is 282 g/mol. The molecule has 2 amide bonds. The smallest absolute Gasteiger partial charge is 0.238 e. The Bertz CT molecular complexity index is 505. The third-order valence-corrected chi connectivity index (χ3v) is 3.44. The molecule has 1 aliphatic heterocycles. The minimum absolute atomic E-state index is 0.0435. The van der Waals surface area contributed by atoms with Crippen molar-refractivity contribution in [3.05, 3.63) is 28.8 Å². The van der Waals surface area contributed by atoms with Crippen molar-refractivity contribution in [2.24, 2.45) is 0 Å². The molecule has 0 aromatic heterocycles. The summed E-state index contributed by atoms with van der Waals surface area (Å²) in [5, 5.41) is 6.16. The lowest BCUT2D eigenvalue weighted by Gasteiger charge is -2.25. The molecule has 0 unspecified atom stereocenters. The van der Waals surface area contributed by atoms with Gasteiger partial charge in [0.25, 0.3) is 0 Å². The van der Waals surface area contributed by atoms with E-state index >= 15 is 0 Å². The monoisotopic (exact) mass is 281 g/mol. The molecule has 0 spiro atoms. The van der Waals surface area contributed by atoms with Crippen LogP contribution >= 0.6 is 11.6 Å². The van der Waals surface area contributed by atoms with E-state index in [0.717, 1.165) is 5.56 Å². The van der Waals surface area contributed by atoms with E-state index in [4.69, 9.17) is 11.6 Å². The Hall–Kier alpha value is -1.59.